The molecule has 0 unspecified atom stereocenters. The molecule has 1 aromatic rings. The van der Waals surface area contributed by atoms with Crippen LogP contribution in [-0.4, -0.2) is 6.10 Å². The Hall–Kier alpha value is -1.12. The van der Waals surface area contributed by atoms with E-state index >= 15 is 0 Å². The van der Waals surface area contributed by atoms with Crippen LogP contribution in [0.15, 0.2) is 12.1 Å². The molecule has 0 atom stereocenters. The van der Waals surface area contributed by atoms with Crippen LogP contribution in [0.25, 0.3) is 0 Å². The van der Waals surface area contributed by atoms with Crippen molar-refractivity contribution in [1.29, 1.82) is 0 Å². The van der Waals surface area contributed by atoms with Crippen molar-refractivity contribution in [3.8, 4) is 5.75 Å². The van der Waals surface area contributed by atoms with E-state index in [0.29, 0.717) is 11.3 Å². The number of hydrogen-bond donors (Lipinski definition) is 0. The van der Waals surface area contributed by atoms with E-state index in [0.717, 1.165) is 6.07 Å². The molecule has 0 aliphatic heterocycles. The summed E-state index contributed by atoms with van der Waals surface area (Å²) in [6, 6.07) is 2.13. The van der Waals surface area contributed by atoms with E-state index in [-0.39, 0.29) is 12.0 Å². The first-order valence-electron chi connectivity index (χ1n) is 5.07. The molecule has 0 aliphatic carbocycles. The lowest BCUT2D eigenvalue weighted by Crippen LogP contribution is -2.09. The van der Waals surface area contributed by atoms with Crippen molar-refractivity contribution in [3.63, 3.8) is 0 Å². The van der Waals surface area contributed by atoms with Crippen molar-refractivity contribution in [1.82, 2.24) is 0 Å². The summed E-state index contributed by atoms with van der Waals surface area (Å²) in [4.78, 5) is 0. The van der Waals surface area contributed by atoms with Gasteiger partial charge in [0.25, 0.3) is 0 Å². The molecule has 0 heterocycles. The van der Waals surface area contributed by atoms with Gasteiger partial charge in [-0.2, -0.15) is 0 Å². The highest BCUT2D eigenvalue weighted by molar-refractivity contribution is 5.37. The molecule has 0 amide bonds. The largest absolute Gasteiger partial charge is 0.490 e. The lowest BCUT2D eigenvalue weighted by atomic mass is 10.0. The molecule has 84 valence electrons. The Morgan fingerprint density at radius 1 is 1.07 bits per heavy atom. The molecular formula is C12H16F2O. The second-order valence-corrected chi connectivity index (χ2v) is 4.12. The van der Waals surface area contributed by atoms with Gasteiger partial charge in [-0.3, -0.25) is 0 Å². The Bertz CT molecular complexity index is 346. The number of ether oxygens (including phenoxy) is 1. The SMILES string of the molecule is CC(C)Oc1cc(F)cc(F)c1C(C)C. The molecule has 1 aromatic carbocycles. The molecule has 0 aromatic heterocycles. The van der Waals surface area contributed by atoms with Crippen LogP contribution in [0.1, 0.15) is 39.2 Å². The van der Waals surface area contributed by atoms with Gasteiger partial charge in [-0.05, 0) is 19.8 Å². The molecular weight excluding hydrogens is 198 g/mol. The molecule has 0 bridgehead atoms. The van der Waals surface area contributed by atoms with Crippen molar-refractivity contribution in [2.45, 2.75) is 39.7 Å². The lowest BCUT2D eigenvalue weighted by Gasteiger charge is -2.17. The maximum absolute atomic E-state index is 13.5. The van der Waals surface area contributed by atoms with Gasteiger partial charge >= 0.3 is 0 Å². The first-order valence-corrected chi connectivity index (χ1v) is 5.07. The van der Waals surface area contributed by atoms with Crippen LogP contribution < -0.4 is 4.74 Å². The van der Waals surface area contributed by atoms with Gasteiger partial charge in [0.15, 0.2) is 0 Å². The third-order valence-electron chi connectivity index (χ3n) is 2.00. The molecule has 0 radical (unpaired) electrons. The van der Waals surface area contributed by atoms with E-state index in [4.69, 9.17) is 4.74 Å². The Morgan fingerprint density at radius 3 is 2.13 bits per heavy atom. The maximum Gasteiger partial charge on any atom is 0.133 e. The average Bonchev–Trinajstić information content (AvgIpc) is 1.99. The molecule has 0 saturated heterocycles. The van der Waals surface area contributed by atoms with E-state index in [1.165, 1.54) is 6.07 Å². The molecule has 1 nitrogen and oxygen atoms in total. The Balaban J connectivity index is 3.20. The Kier molecular flexibility index (Phi) is 3.66. The molecule has 0 N–H and O–H groups in total. The van der Waals surface area contributed by atoms with E-state index in [2.05, 4.69) is 0 Å². The molecule has 0 aliphatic rings. The fourth-order valence-corrected chi connectivity index (χ4v) is 1.47. The quantitative estimate of drug-likeness (QED) is 0.742. The van der Waals surface area contributed by atoms with Crippen LogP contribution >= 0.6 is 0 Å². The molecule has 0 saturated carbocycles. The number of rotatable bonds is 3. The Morgan fingerprint density at radius 2 is 1.67 bits per heavy atom. The van der Waals surface area contributed by atoms with Crippen LogP contribution in [-0.2, 0) is 0 Å². The number of halogens is 2. The summed E-state index contributed by atoms with van der Waals surface area (Å²) >= 11 is 0. The smallest absolute Gasteiger partial charge is 0.133 e. The van der Waals surface area contributed by atoms with Crippen LogP contribution in [0.5, 0.6) is 5.75 Å². The van der Waals surface area contributed by atoms with Crippen molar-refractivity contribution < 1.29 is 13.5 Å². The van der Waals surface area contributed by atoms with Gasteiger partial charge in [-0.15, -0.1) is 0 Å². The third-order valence-corrected chi connectivity index (χ3v) is 2.00. The highest BCUT2D eigenvalue weighted by Gasteiger charge is 2.16. The van der Waals surface area contributed by atoms with Crippen molar-refractivity contribution in [3.05, 3.63) is 29.3 Å². The second kappa shape index (κ2) is 4.60. The third kappa shape index (κ3) is 2.91. The average molecular weight is 214 g/mol. The lowest BCUT2D eigenvalue weighted by molar-refractivity contribution is 0.236. The van der Waals surface area contributed by atoms with Gasteiger partial charge in [-0.1, -0.05) is 13.8 Å². The van der Waals surface area contributed by atoms with Crippen molar-refractivity contribution in [2.24, 2.45) is 0 Å². The molecule has 0 fully saturated rings. The highest BCUT2D eigenvalue weighted by atomic mass is 19.1. The van der Waals surface area contributed by atoms with Crippen LogP contribution in [0.3, 0.4) is 0 Å². The van der Waals surface area contributed by atoms with Crippen LogP contribution in [0.4, 0.5) is 8.78 Å². The summed E-state index contributed by atoms with van der Waals surface area (Å²) in [7, 11) is 0. The predicted octanol–water partition coefficient (Wildman–Crippen LogP) is 3.88. The van der Waals surface area contributed by atoms with Gasteiger partial charge in [0.2, 0.25) is 0 Å². The minimum Gasteiger partial charge on any atom is -0.490 e. The normalized spacial score (nSPS) is 11.2. The zero-order chi connectivity index (χ0) is 11.6. The first kappa shape index (κ1) is 12.0. The monoisotopic (exact) mass is 214 g/mol. The van der Waals surface area contributed by atoms with Gasteiger partial charge in [0.1, 0.15) is 17.4 Å². The number of benzene rings is 1. The maximum atomic E-state index is 13.5. The van der Waals surface area contributed by atoms with Crippen molar-refractivity contribution in [2.75, 3.05) is 0 Å². The highest BCUT2D eigenvalue weighted by Crippen LogP contribution is 2.30. The molecule has 1 rings (SSSR count). The minimum absolute atomic E-state index is 0.0284. The number of hydrogen-bond acceptors (Lipinski definition) is 1. The fourth-order valence-electron chi connectivity index (χ4n) is 1.47. The molecule has 15 heavy (non-hydrogen) atoms. The van der Waals surface area contributed by atoms with E-state index in [9.17, 15) is 8.78 Å². The summed E-state index contributed by atoms with van der Waals surface area (Å²) in [5.41, 5.74) is 0.435. The zero-order valence-corrected chi connectivity index (χ0v) is 9.47. The predicted molar refractivity (Wildman–Crippen MR) is 56.2 cm³/mol. The summed E-state index contributed by atoms with van der Waals surface area (Å²) in [6.45, 7) is 7.35. The van der Waals surface area contributed by atoms with Gasteiger partial charge in [-0.25, -0.2) is 8.78 Å². The zero-order valence-electron chi connectivity index (χ0n) is 9.47. The minimum atomic E-state index is -0.604. The fraction of sp³-hybridized carbons (Fsp3) is 0.500. The van der Waals surface area contributed by atoms with Crippen LogP contribution in [0.2, 0.25) is 0 Å². The second-order valence-electron chi connectivity index (χ2n) is 4.12. The summed E-state index contributed by atoms with van der Waals surface area (Å²) in [6.07, 6.45) is -0.0938. The summed E-state index contributed by atoms with van der Waals surface area (Å²) < 4.78 is 31.9. The first-order chi connectivity index (χ1) is 6.91. The summed E-state index contributed by atoms with van der Waals surface area (Å²) in [5, 5.41) is 0. The van der Waals surface area contributed by atoms with Gasteiger partial charge < -0.3 is 4.74 Å². The van der Waals surface area contributed by atoms with Crippen molar-refractivity contribution >= 4 is 0 Å². The summed E-state index contributed by atoms with van der Waals surface area (Å²) in [5.74, 6) is -0.870. The van der Waals surface area contributed by atoms with Crippen LogP contribution in [0, 0.1) is 11.6 Å². The molecule has 0 spiro atoms. The van der Waals surface area contributed by atoms with Gasteiger partial charge in [0.05, 0.1) is 6.10 Å². The standard InChI is InChI=1S/C12H16F2O/c1-7(2)12-10(14)5-9(13)6-11(12)15-8(3)4/h5-8H,1-4H3. The molecule has 3 heteroatoms. The van der Waals surface area contributed by atoms with E-state index in [1.807, 2.05) is 27.7 Å². The Labute approximate surface area is 89.1 Å². The van der Waals surface area contributed by atoms with E-state index in [1.54, 1.807) is 0 Å². The van der Waals surface area contributed by atoms with Gasteiger partial charge in [0, 0.05) is 17.7 Å². The topological polar surface area (TPSA) is 9.23 Å². The van der Waals surface area contributed by atoms with E-state index < -0.39 is 11.6 Å².